The monoisotopic (exact) mass is 86.0 g/mol. The maximum absolute atomic E-state index is 0. The molecule has 0 aromatic rings. The van der Waals surface area contributed by atoms with Crippen molar-refractivity contribution in [1.82, 2.24) is 0 Å². The van der Waals surface area contributed by atoms with Gasteiger partial charge in [0.25, 0.3) is 0 Å². The Balaban J connectivity index is 0. The van der Waals surface area contributed by atoms with Gasteiger partial charge < -0.3 is 5.48 Å². The second-order valence-corrected chi connectivity index (χ2v) is 0. The summed E-state index contributed by atoms with van der Waals surface area (Å²) in [5.74, 6) is 0. The molecular formula is HNa3O+. The van der Waals surface area contributed by atoms with Crippen LogP contribution in [0.4, 0.5) is 0 Å². The van der Waals surface area contributed by atoms with Crippen molar-refractivity contribution in [2.24, 2.45) is 0 Å². The summed E-state index contributed by atoms with van der Waals surface area (Å²) < 4.78 is 0. The third-order valence-corrected chi connectivity index (χ3v) is 0. The molecule has 1 N–H and O–H groups in total. The Morgan fingerprint density at radius 1 is 0.750 bits per heavy atom. The summed E-state index contributed by atoms with van der Waals surface area (Å²) in [6.45, 7) is 0. The molecule has 0 saturated carbocycles. The second-order valence-electron chi connectivity index (χ2n) is 0. The molecule has 0 bridgehead atoms. The fourth-order valence-corrected chi connectivity index (χ4v) is 0. The third-order valence-electron chi connectivity index (χ3n) is 0. The maximum Gasteiger partial charge on any atom is 1.00 e. The van der Waals surface area contributed by atoms with Gasteiger partial charge in [0.1, 0.15) is 0 Å². The zero-order chi connectivity index (χ0) is 0. The fraction of sp³-hybridized carbons (Fsp3) is 0. The van der Waals surface area contributed by atoms with E-state index in [-0.39, 0.29) is 94.1 Å². The molecule has 0 fully saturated rings. The fourth-order valence-electron chi connectivity index (χ4n) is 0. The van der Waals surface area contributed by atoms with Crippen molar-refractivity contribution >= 4 is 29.6 Å². The Bertz CT molecular complexity index is 3.25. The molecule has 1 nitrogen and oxygen atoms in total. The van der Waals surface area contributed by atoms with E-state index in [1.54, 1.807) is 0 Å². The average molecular weight is 86.0 g/mol. The summed E-state index contributed by atoms with van der Waals surface area (Å²) in [7, 11) is 0. The quantitative estimate of drug-likeness (QED) is 0.269. The summed E-state index contributed by atoms with van der Waals surface area (Å²) in [4.78, 5) is 0. The summed E-state index contributed by atoms with van der Waals surface area (Å²) in [6, 6.07) is 0. The first-order valence-electron chi connectivity index (χ1n) is 0. The minimum atomic E-state index is 0. The van der Waals surface area contributed by atoms with Crippen molar-refractivity contribution in [2.75, 3.05) is 0 Å². The van der Waals surface area contributed by atoms with E-state index in [1.807, 2.05) is 0 Å². The van der Waals surface area contributed by atoms with Crippen LogP contribution >= 0.6 is 0 Å². The SMILES string of the molecule is [Na+].[Na+].[Na].[OH-]. The Hall–Kier alpha value is 2.96. The molecule has 0 aliphatic heterocycles. The zero-order valence-corrected chi connectivity index (χ0v) is 9.45. The van der Waals surface area contributed by atoms with E-state index in [1.165, 1.54) is 0 Å². The first kappa shape index (κ1) is 28.2. The molecular weight excluding hydrogens is 85.0 g/mol. The first-order chi connectivity index (χ1) is 0. The molecule has 9 valence electrons. The van der Waals surface area contributed by atoms with E-state index >= 15 is 0 Å². The van der Waals surface area contributed by atoms with Crippen LogP contribution in [0.15, 0.2) is 0 Å². The van der Waals surface area contributed by atoms with Crippen LogP contribution in [-0.2, 0) is 0 Å². The van der Waals surface area contributed by atoms with E-state index in [0.29, 0.717) is 0 Å². The van der Waals surface area contributed by atoms with Crippen LogP contribution in [-0.4, -0.2) is 35.0 Å². The van der Waals surface area contributed by atoms with Crippen LogP contribution in [0.3, 0.4) is 0 Å². The van der Waals surface area contributed by atoms with Crippen molar-refractivity contribution in [2.45, 2.75) is 0 Å². The maximum atomic E-state index is 0. The van der Waals surface area contributed by atoms with Gasteiger partial charge in [-0.3, -0.25) is 0 Å². The molecule has 4 heavy (non-hydrogen) atoms. The molecule has 1 radical (unpaired) electrons. The van der Waals surface area contributed by atoms with Gasteiger partial charge in [0.2, 0.25) is 0 Å². The summed E-state index contributed by atoms with van der Waals surface area (Å²) in [5, 5.41) is 0. The Morgan fingerprint density at radius 2 is 0.750 bits per heavy atom. The standard InChI is InChI=1S/3Na.H2O/h;;;1H2/q;2*+1;/p-1. The number of hydrogen-bond donors (Lipinski definition) is 0. The summed E-state index contributed by atoms with van der Waals surface area (Å²) in [5.41, 5.74) is 0. The minimum absolute atomic E-state index is 0. The van der Waals surface area contributed by atoms with Crippen LogP contribution in [0.25, 0.3) is 0 Å². The molecule has 0 heterocycles. The molecule has 0 atom stereocenters. The molecule has 0 saturated heterocycles. The van der Waals surface area contributed by atoms with Gasteiger partial charge in [-0.15, -0.1) is 0 Å². The van der Waals surface area contributed by atoms with Crippen LogP contribution in [0.5, 0.6) is 0 Å². The Kier molecular flexibility index (Phi) is 118. The molecule has 0 aliphatic rings. The van der Waals surface area contributed by atoms with Crippen LogP contribution < -0.4 is 59.1 Å². The van der Waals surface area contributed by atoms with Gasteiger partial charge >= 0.3 is 59.1 Å². The van der Waals surface area contributed by atoms with Crippen LogP contribution in [0.1, 0.15) is 0 Å². The van der Waals surface area contributed by atoms with E-state index in [2.05, 4.69) is 0 Å². The molecule has 0 unspecified atom stereocenters. The Morgan fingerprint density at radius 3 is 0.750 bits per heavy atom. The smallest absolute Gasteiger partial charge is 0.870 e. The molecule has 0 aliphatic carbocycles. The van der Waals surface area contributed by atoms with Crippen molar-refractivity contribution in [3.05, 3.63) is 0 Å². The van der Waals surface area contributed by atoms with Gasteiger partial charge in [-0.1, -0.05) is 0 Å². The Labute approximate surface area is 92.1 Å². The van der Waals surface area contributed by atoms with E-state index < -0.39 is 0 Å². The van der Waals surface area contributed by atoms with Gasteiger partial charge in [-0.2, -0.15) is 0 Å². The van der Waals surface area contributed by atoms with Gasteiger partial charge in [0.05, 0.1) is 0 Å². The second kappa shape index (κ2) is 16.7. The summed E-state index contributed by atoms with van der Waals surface area (Å²) >= 11 is 0. The van der Waals surface area contributed by atoms with Gasteiger partial charge in [-0.25, -0.2) is 0 Å². The topological polar surface area (TPSA) is 30.0 Å². The molecule has 0 aromatic heterocycles. The normalized spacial score (nSPS) is 0. The predicted octanol–water partition coefficient (Wildman–Crippen LogP) is -6.55. The average Bonchev–Trinajstić information content (AvgIpc) is 0. The zero-order valence-electron chi connectivity index (χ0n) is 3.45. The summed E-state index contributed by atoms with van der Waals surface area (Å²) in [6.07, 6.45) is 0. The van der Waals surface area contributed by atoms with E-state index in [4.69, 9.17) is 0 Å². The van der Waals surface area contributed by atoms with E-state index in [0.717, 1.165) is 0 Å². The molecule has 0 rings (SSSR count). The van der Waals surface area contributed by atoms with Gasteiger partial charge in [0.15, 0.2) is 0 Å². The molecule has 0 aromatic carbocycles. The largest absolute Gasteiger partial charge is 1.00 e. The van der Waals surface area contributed by atoms with Crippen molar-refractivity contribution in [3.8, 4) is 0 Å². The van der Waals surface area contributed by atoms with Crippen molar-refractivity contribution in [1.29, 1.82) is 0 Å². The number of rotatable bonds is 0. The molecule has 0 spiro atoms. The molecule has 4 heteroatoms. The van der Waals surface area contributed by atoms with E-state index in [9.17, 15) is 0 Å². The van der Waals surface area contributed by atoms with Gasteiger partial charge in [0, 0.05) is 29.6 Å². The third kappa shape index (κ3) is 8.88. The van der Waals surface area contributed by atoms with Crippen molar-refractivity contribution in [3.63, 3.8) is 0 Å². The van der Waals surface area contributed by atoms with Gasteiger partial charge in [-0.05, 0) is 0 Å². The minimum Gasteiger partial charge on any atom is -0.870 e. The van der Waals surface area contributed by atoms with Crippen LogP contribution in [0.2, 0.25) is 0 Å². The molecule has 0 amide bonds. The predicted molar refractivity (Wildman–Crippen MR) is 7.69 cm³/mol. The van der Waals surface area contributed by atoms with Crippen molar-refractivity contribution < 1.29 is 64.6 Å². The first-order valence-corrected chi connectivity index (χ1v) is 0. The van der Waals surface area contributed by atoms with Crippen LogP contribution in [0, 0.1) is 0 Å². The number of hydrogen-bond acceptors (Lipinski definition) is 1.